The number of benzene rings is 1. The quantitative estimate of drug-likeness (QED) is 0.860. The van der Waals surface area contributed by atoms with Crippen LogP contribution in [-0.2, 0) is 6.54 Å². The number of likely N-dealkylation sites (tertiary alicyclic amines) is 1. The van der Waals surface area contributed by atoms with Gasteiger partial charge in [-0.15, -0.1) is 0 Å². The second kappa shape index (κ2) is 7.19. The first kappa shape index (κ1) is 16.7. The lowest BCUT2D eigenvalue weighted by molar-refractivity contribution is 0.204. The number of hydrogen-bond acceptors (Lipinski definition) is 7. The summed E-state index contributed by atoms with van der Waals surface area (Å²) in [6.45, 7) is 4.17. The Morgan fingerprint density at radius 1 is 1.29 bits per heavy atom. The maximum Gasteiger partial charge on any atom is 0.231 e. The Labute approximate surface area is 141 Å². The van der Waals surface area contributed by atoms with Crippen LogP contribution in [0.1, 0.15) is 23.2 Å². The van der Waals surface area contributed by atoms with E-state index in [0.29, 0.717) is 11.7 Å². The Bertz CT molecular complexity index is 688. The zero-order chi connectivity index (χ0) is 17.1. The standard InChI is InChI=1S/C17H23N3O4/c1-11-18-17(24-19-11)15-9-20(8-13(15)10-21)7-12-4-5-14(22-2)6-16(12)23-3/h4-6,13,15,21H,7-10H2,1-3H3/t13-,15+/m0/s1. The minimum absolute atomic E-state index is 0.0560. The molecule has 1 N–H and O–H groups in total. The first-order chi connectivity index (χ1) is 11.6. The van der Waals surface area contributed by atoms with E-state index in [1.54, 1.807) is 21.1 Å². The van der Waals surface area contributed by atoms with Gasteiger partial charge in [-0.25, -0.2) is 0 Å². The number of nitrogens with zero attached hydrogens (tertiary/aromatic N) is 3. The zero-order valence-corrected chi connectivity index (χ0v) is 14.2. The Kier molecular flexibility index (Phi) is 5.01. The molecule has 1 aliphatic rings. The van der Waals surface area contributed by atoms with Gasteiger partial charge in [-0.3, -0.25) is 4.90 Å². The third-order valence-corrected chi connectivity index (χ3v) is 4.50. The van der Waals surface area contributed by atoms with Crippen molar-refractivity contribution in [2.24, 2.45) is 5.92 Å². The molecule has 7 nitrogen and oxygen atoms in total. The monoisotopic (exact) mass is 333 g/mol. The molecule has 2 aromatic rings. The predicted octanol–water partition coefficient (Wildman–Crippen LogP) is 1.60. The van der Waals surface area contributed by atoms with Crippen LogP contribution >= 0.6 is 0 Å². The molecule has 0 aliphatic carbocycles. The molecule has 0 saturated carbocycles. The van der Waals surface area contributed by atoms with Gasteiger partial charge in [-0.05, 0) is 13.0 Å². The summed E-state index contributed by atoms with van der Waals surface area (Å²) < 4.78 is 16.0. The number of methoxy groups -OCH3 is 2. The van der Waals surface area contributed by atoms with E-state index in [1.807, 2.05) is 18.2 Å². The molecule has 0 amide bonds. The molecule has 3 rings (SSSR count). The van der Waals surface area contributed by atoms with Gasteiger partial charge in [-0.2, -0.15) is 4.98 Å². The van der Waals surface area contributed by atoms with E-state index in [9.17, 15) is 5.11 Å². The van der Waals surface area contributed by atoms with Crippen molar-refractivity contribution in [3.05, 3.63) is 35.5 Å². The maximum absolute atomic E-state index is 9.70. The van der Waals surface area contributed by atoms with Gasteiger partial charge in [0.1, 0.15) is 11.5 Å². The number of ether oxygens (including phenoxy) is 2. The van der Waals surface area contributed by atoms with Crippen molar-refractivity contribution in [1.82, 2.24) is 15.0 Å². The summed E-state index contributed by atoms with van der Waals surface area (Å²) in [6, 6.07) is 5.82. The van der Waals surface area contributed by atoms with Crippen LogP contribution in [0.2, 0.25) is 0 Å². The van der Waals surface area contributed by atoms with E-state index in [1.165, 1.54) is 0 Å². The summed E-state index contributed by atoms with van der Waals surface area (Å²) in [5.74, 6) is 2.94. The van der Waals surface area contributed by atoms with Gasteiger partial charge in [-0.1, -0.05) is 11.2 Å². The summed E-state index contributed by atoms with van der Waals surface area (Å²) in [7, 11) is 3.29. The molecule has 2 heterocycles. The second-order valence-corrected chi connectivity index (χ2v) is 6.10. The fraction of sp³-hybridized carbons (Fsp3) is 0.529. The fourth-order valence-corrected chi connectivity index (χ4v) is 3.24. The van der Waals surface area contributed by atoms with Crippen LogP contribution in [0, 0.1) is 12.8 Å². The Hall–Kier alpha value is -2.12. The average Bonchev–Trinajstić information content (AvgIpc) is 3.21. The molecule has 1 fully saturated rings. The van der Waals surface area contributed by atoms with Crippen LogP contribution in [0.5, 0.6) is 11.5 Å². The third-order valence-electron chi connectivity index (χ3n) is 4.50. The normalized spacial score (nSPS) is 21.2. The molecule has 1 aliphatic heterocycles. The van der Waals surface area contributed by atoms with Gasteiger partial charge in [0.25, 0.3) is 0 Å². The van der Waals surface area contributed by atoms with Crippen molar-refractivity contribution in [2.75, 3.05) is 33.9 Å². The van der Waals surface area contributed by atoms with Crippen molar-refractivity contribution < 1.29 is 19.1 Å². The number of aliphatic hydroxyl groups is 1. The van der Waals surface area contributed by atoms with Gasteiger partial charge in [0.2, 0.25) is 5.89 Å². The number of aromatic nitrogens is 2. The summed E-state index contributed by atoms with van der Waals surface area (Å²) >= 11 is 0. The summed E-state index contributed by atoms with van der Waals surface area (Å²) in [5, 5.41) is 13.6. The fourth-order valence-electron chi connectivity index (χ4n) is 3.24. The SMILES string of the molecule is COc1ccc(CN2C[C@@H](CO)[C@H](c3nc(C)no3)C2)c(OC)c1. The Morgan fingerprint density at radius 2 is 2.12 bits per heavy atom. The molecule has 2 atom stereocenters. The number of hydrogen-bond donors (Lipinski definition) is 1. The zero-order valence-electron chi connectivity index (χ0n) is 14.2. The van der Waals surface area contributed by atoms with Crippen LogP contribution in [0.4, 0.5) is 0 Å². The molecule has 1 saturated heterocycles. The van der Waals surface area contributed by atoms with Crippen LogP contribution in [0.25, 0.3) is 0 Å². The summed E-state index contributed by atoms with van der Waals surface area (Å²) in [6.07, 6.45) is 0. The lowest BCUT2D eigenvalue weighted by Crippen LogP contribution is -2.21. The van der Waals surface area contributed by atoms with Gasteiger partial charge in [0, 0.05) is 43.8 Å². The van der Waals surface area contributed by atoms with Crippen molar-refractivity contribution in [2.45, 2.75) is 19.4 Å². The molecule has 1 aromatic heterocycles. The second-order valence-electron chi connectivity index (χ2n) is 6.10. The van der Waals surface area contributed by atoms with Crippen LogP contribution in [0.15, 0.2) is 22.7 Å². The highest BCUT2D eigenvalue weighted by Crippen LogP contribution is 2.34. The van der Waals surface area contributed by atoms with Crippen molar-refractivity contribution in [1.29, 1.82) is 0 Å². The Balaban J connectivity index is 1.74. The first-order valence-corrected chi connectivity index (χ1v) is 7.99. The first-order valence-electron chi connectivity index (χ1n) is 7.99. The predicted molar refractivity (Wildman–Crippen MR) is 87.2 cm³/mol. The van der Waals surface area contributed by atoms with Crippen molar-refractivity contribution >= 4 is 0 Å². The lowest BCUT2D eigenvalue weighted by atomic mass is 9.97. The van der Waals surface area contributed by atoms with E-state index >= 15 is 0 Å². The topological polar surface area (TPSA) is 80.9 Å². The molecule has 130 valence electrons. The molecule has 7 heteroatoms. The largest absolute Gasteiger partial charge is 0.497 e. The highest BCUT2D eigenvalue weighted by atomic mass is 16.5. The minimum Gasteiger partial charge on any atom is -0.497 e. The van der Waals surface area contributed by atoms with Crippen molar-refractivity contribution in [3.63, 3.8) is 0 Å². The number of rotatable bonds is 6. The number of aryl methyl sites for hydroxylation is 1. The molecule has 24 heavy (non-hydrogen) atoms. The summed E-state index contributed by atoms with van der Waals surface area (Å²) in [4.78, 5) is 6.61. The van der Waals surface area contributed by atoms with Gasteiger partial charge in [0.15, 0.2) is 5.82 Å². The lowest BCUT2D eigenvalue weighted by Gasteiger charge is -2.18. The number of aliphatic hydroxyl groups excluding tert-OH is 1. The van der Waals surface area contributed by atoms with Crippen LogP contribution < -0.4 is 9.47 Å². The third kappa shape index (κ3) is 3.37. The summed E-state index contributed by atoms with van der Waals surface area (Å²) in [5.41, 5.74) is 1.08. The van der Waals surface area contributed by atoms with Crippen LogP contribution in [0.3, 0.4) is 0 Å². The molecular weight excluding hydrogens is 310 g/mol. The molecule has 0 unspecified atom stereocenters. The Morgan fingerprint density at radius 3 is 2.75 bits per heavy atom. The maximum atomic E-state index is 9.70. The highest BCUT2D eigenvalue weighted by Gasteiger charge is 2.37. The van der Waals surface area contributed by atoms with E-state index in [2.05, 4.69) is 15.0 Å². The van der Waals surface area contributed by atoms with E-state index in [0.717, 1.165) is 36.7 Å². The molecular formula is C17H23N3O4. The molecule has 0 spiro atoms. The average molecular weight is 333 g/mol. The molecule has 0 radical (unpaired) electrons. The highest BCUT2D eigenvalue weighted by molar-refractivity contribution is 5.40. The smallest absolute Gasteiger partial charge is 0.231 e. The van der Waals surface area contributed by atoms with E-state index in [4.69, 9.17) is 14.0 Å². The van der Waals surface area contributed by atoms with E-state index < -0.39 is 0 Å². The molecule has 0 bridgehead atoms. The van der Waals surface area contributed by atoms with Gasteiger partial charge < -0.3 is 19.1 Å². The molecule has 1 aromatic carbocycles. The van der Waals surface area contributed by atoms with Gasteiger partial charge >= 0.3 is 0 Å². The van der Waals surface area contributed by atoms with E-state index in [-0.39, 0.29) is 18.4 Å². The van der Waals surface area contributed by atoms with Crippen LogP contribution in [-0.4, -0.2) is 54.1 Å². The van der Waals surface area contributed by atoms with Crippen molar-refractivity contribution in [3.8, 4) is 11.5 Å². The minimum atomic E-state index is 0.0560. The van der Waals surface area contributed by atoms with Gasteiger partial charge in [0.05, 0.1) is 20.1 Å².